The van der Waals surface area contributed by atoms with Crippen molar-refractivity contribution in [3.63, 3.8) is 0 Å². The number of aromatic nitrogens is 4. The van der Waals surface area contributed by atoms with E-state index < -0.39 is 0 Å². The first kappa shape index (κ1) is 23.7. The Balaban J connectivity index is 1.28. The van der Waals surface area contributed by atoms with E-state index in [4.69, 9.17) is 9.47 Å². The number of benzene rings is 4. The van der Waals surface area contributed by atoms with Crippen molar-refractivity contribution in [2.24, 2.45) is 0 Å². The van der Waals surface area contributed by atoms with Crippen LogP contribution in [0.3, 0.4) is 0 Å². The fourth-order valence-electron chi connectivity index (χ4n) is 4.32. The molecule has 0 saturated carbocycles. The molecule has 186 valence electrons. The molecule has 38 heavy (non-hydrogen) atoms. The van der Waals surface area contributed by atoms with E-state index in [1.807, 2.05) is 78.9 Å². The molecule has 0 bridgehead atoms. The van der Waals surface area contributed by atoms with Gasteiger partial charge < -0.3 is 14.8 Å². The second kappa shape index (κ2) is 10.4. The highest BCUT2D eigenvalue weighted by atomic mass is 32.2. The number of methoxy groups -OCH3 is 2. The molecule has 0 amide bonds. The predicted molar refractivity (Wildman–Crippen MR) is 151 cm³/mol. The zero-order valence-electron chi connectivity index (χ0n) is 20.8. The first-order chi connectivity index (χ1) is 18.7. The minimum absolute atomic E-state index is 0.671. The maximum Gasteiger partial charge on any atom is 0.161 e. The Morgan fingerprint density at radius 2 is 1.50 bits per heavy atom. The van der Waals surface area contributed by atoms with Crippen LogP contribution < -0.4 is 14.8 Å². The Labute approximate surface area is 223 Å². The molecule has 8 heteroatoms. The van der Waals surface area contributed by atoms with Crippen molar-refractivity contribution in [1.82, 2.24) is 20.2 Å². The molecule has 2 heterocycles. The molecule has 2 aromatic heterocycles. The van der Waals surface area contributed by atoms with E-state index in [2.05, 4.69) is 37.6 Å². The van der Waals surface area contributed by atoms with Gasteiger partial charge in [0.15, 0.2) is 5.82 Å². The topological polar surface area (TPSA) is 82.0 Å². The molecule has 6 rings (SSSR count). The van der Waals surface area contributed by atoms with Gasteiger partial charge >= 0.3 is 0 Å². The van der Waals surface area contributed by atoms with Crippen molar-refractivity contribution in [2.75, 3.05) is 19.5 Å². The number of hydrogen-bond acceptors (Lipinski definition) is 8. The van der Waals surface area contributed by atoms with Crippen LogP contribution in [0.5, 0.6) is 11.5 Å². The summed E-state index contributed by atoms with van der Waals surface area (Å²) < 4.78 is 11.0. The monoisotopic (exact) mass is 517 g/mol. The quantitative estimate of drug-likeness (QED) is 0.224. The number of hydrogen-bond donors (Lipinski definition) is 1. The van der Waals surface area contributed by atoms with E-state index in [1.165, 1.54) is 0 Å². The number of nitrogens with zero attached hydrogens (tertiary/aromatic N) is 4. The normalized spacial score (nSPS) is 11.0. The van der Waals surface area contributed by atoms with Crippen LogP contribution in [0.1, 0.15) is 0 Å². The van der Waals surface area contributed by atoms with E-state index in [0.717, 1.165) is 48.5 Å². The molecule has 0 aliphatic heterocycles. The molecule has 6 aromatic rings. The second-order valence-corrected chi connectivity index (χ2v) is 9.53. The molecule has 0 radical (unpaired) electrons. The highest BCUT2D eigenvalue weighted by Gasteiger charge is 2.14. The summed E-state index contributed by atoms with van der Waals surface area (Å²) in [5.41, 5.74) is 3.58. The summed E-state index contributed by atoms with van der Waals surface area (Å²) >= 11 is 1.55. The van der Waals surface area contributed by atoms with Crippen molar-refractivity contribution in [3.05, 3.63) is 97.3 Å². The third-order valence-corrected chi connectivity index (χ3v) is 7.17. The van der Waals surface area contributed by atoms with Gasteiger partial charge in [-0.25, -0.2) is 9.97 Å². The first-order valence-corrected chi connectivity index (χ1v) is 12.8. The summed E-state index contributed by atoms with van der Waals surface area (Å²) in [6.07, 6.45) is 1.56. The van der Waals surface area contributed by atoms with Crippen molar-refractivity contribution in [3.8, 4) is 22.8 Å². The number of nitrogens with one attached hydrogen (secondary N) is 1. The third-order valence-electron chi connectivity index (χ3n) is 6.16. The molecule has 0 spiro atoms. The fourth-order valence-corrected chi connectivity index (χ4v) is 5.22. The number of rotatable bonds is 7. The van der Waals surface area contributed by atoms with Gasteiger partial charge in [0.1, 0.15) is 28.5 Å². The summed E-state index contributed by atoms with van der Waals surface area (Å²) in [6.45, 7) is 0. The molecule has 0 aliphatic rings. The molecule has 0 unspecified atom stereocenters. The lowest BCUT2D eigenvalue weighted by Crippen LogP contribution is -1.99. The van der Waals surface area contributed by atoms with Crippen molar-refractivity contribution < 1.29 is 9.47 Å². The maximum atomic E-state index is 5.61. The molecule has 0 saturated heterocycles. The van der Waals surface area contributed by atoms with Crippen LogP contribution in [0.4, 0.5) is 11.5 Å². The van der Waals surface area contributed by atoms with Crippen molar-refractivity contribution in [2.45, 2.75) is 9.92 Å². The van der Waals surface area contributed by atoms with Gasteiger partial charge in [0.25, 0.3) is 0 Å². The van der Waals surface area contributed by atoms with Crippen LogP contribution in [0.2, 0.25) is 0 Å². The zero-order valence-corrected chi connectivity index (χ0v) is 21.6. The molecule has 0 fully saturated rings. The predicted octanol–water partition coefficient (Wildman–Crippen LogP) is 7.15. The van der Waals surface area contributed by atoms with E-state index in [-0.39, 0.29) is 0 Å². The fraction of sp³-hybridized carbons (Fsp3) is 0.0667. The Hall–Kier alpha value is -4.69. The molecule has 0 aliphatic carbocycles. The standard InChI is InChI=1S/C30H23N5O2S/c1-36-21-16-25-27(26(17-21)37-2)30(32-18-31-25)38-22-14-12-20(13-15-22)33-29-24-11-7-6-10-23(24)28(34-35-29)19-8-4-3-5-9-19/h3-18H,1-2H3,(H,33,35). The van der Waals surface area contributed by atoms with Crippen molar-refractivity contribution in [1.29, 1.82) is 0 Å². The minimum Gasteiger partial charge on any atom is -0.497 e. The highest BCUT2D eigenvalue weighted by Crippen LogP contribution is 2.39. The van der Waals surface area contributed by atoms with E-state index >= 15 is 0 Å². The molecular weight excluding hydrogens is 494 g/mol. The average molecular weight is 518 g/mol. The lowest BCUT2D eigenvalue weighted by atomic mass is 10.0. The molecule has 1 N–H and O–H groups in total. The molecular formula is C30H23N5O2S. The summed E-state index contributed by atoms with van der Waals surface area (Å²) in [5, 5.41) is 16.2. The van der Waals surface area contributed by atoms with Crippen LogP contribution >= 0.6 is 11.8 Å². The summed E-state index contributed by atoms with van der Waals surface area (Å²) in [4.78, 5) is 9.96. The van der Waals surface area contributed by atoms with E-state index in [9.17, 15) is 0 Å². The maximum absolute atomic E-state index is 5.61. The first-order valence-electron chi connectivity index (χ1n) is 12.0. The van der Waals surface area contributed by atoms with Gasteiger partial charge in [0.05, 0.1) is 25.1 Å². The summed E-state index contributed by atoms with van der Waals surface area (Å²) in [7, 11) is 3.26. The summed E-state index contributed by atoms with van der Waals surface area (Å²) in [5.74, 6) is 2.07. The smallest absolute Gasteiger partial charge is 0.161 e. The van der Waals surface area contributed by atoms with Crippen LogP contribution in [-0.2, 0) is 0 Å². The van der Waals surface area contributed by atoms with Gasteiger partial charge in [-0.15, -0.1) is 10.2 Å². The van der Waals surface area contributed by atoms with Crippen LogP contribution in [-0.4, -0.2) is 34.4 Å². The number of anilines is 2. The van der Waals surface area contributed by atoms with E-state index in [0.29, 0.717) is 17.3 Å². The van der Waals surface area contributed by atoms with E-state index in [1.54, 1.807) is 32.3 Å². The Bertz CT molecular complexity index is 1740. The van der Waals surface area contributed by atoms with Crippen molar-refractivity contribution >= 4 is 44.9 Å². The van der Waals surface area contributed by atoms with Gasteiger partial charge in [0, 0.05) is 39.1 Å². The Morgan fingerprint density at radius 1 is 0.737 bits per heavy atom. The zero-order chi connectivity index (χ0) is 25.9. The second-order valence-electron chi connectivity index (χ2n) is 8.46. The number of fused-ring (bicyclic) bond motifs is 2. The van der Waals surface area contributed by atoms with Gasteiger partial charge in [-0.3, -0.25) is 0 Å². The molecule has 4 aromatic carbocycles. The van der Waals surface area contributed by atoms with Gasteiger partial charge in [-0.1, -0.05) is 66.4 Å². The van der Waals surface area contributed by atoms with Gasteiger partial charge in [-0.2, -0.15) is 0 Å². The van der Waals surface area contributed by atoms with Crippen LogP contribution in [0.25, 0.3) is 32.9 Å². The molecule has 7 nitrogen and oxygen atoms in total. The summed E-state index contributed by atoms with van der Waals surface area (Å²) in [6, 6.07) is 30.1. The largest absolute Gasteiger partial charge is 0.497 e. The average Bonchev–Trinajstić information content (AvgIpc) is 2.98. The lowest BCUT2D eigenvalue weighted by Gasteiger charge is -2.12. The minimum atomic E-state index is 0.671. The molecule has 0 atom stereocenters. The highest BCUT2D eigenvalue weighted by molar-refractivity contribution is 7.99. The Morgan fingerprint density at radius 3 is 2.26 bits per heavy atom. The van der Waals surface area contributed by atoms with Gasteiger partial charge in [0.2, 0.25) is 0 Å². The van der Waals surface area contributed by atoms with Crippen LogP contribution in [0, 0.1) is 0 Å². The van der Waals surface area contributed by atoms with Crippen LogP contribution in [0.15, 0.2) is 107 Å². The SMILES string of the molecule is COc1cc(OC)c2c(Sc3ccc(Nc4nnc(-c5ccccc5)c5ccccc45)cc3)ncnc2c1. The third kappa shape index (κ3) is 4.57. The lowest BCUT2D eigenvalue weighted by molar-refractivity contribution is 0.397. The Kier molecular flexibility index (Phi) is 6.46. The van der Waals surface area contributed by atoms with Gasteiger partial charge in [-0.05, 0) is 24.3 Å². The number of ether oxygens (including phenoxy) is 2.